The van der Waals surface area contributed by atoms with E-state index in [2.05, 4.69) is 15.1 Å². The first kappa shape index (κ1) is 10.4. The summed E-state index contributed by atoms with van der Waals surface area (Å²) in [6.45, 7) is 3.84. The van der Waals surface area contributed by atoms with Crippen LogP contribution in [0.4, 0.5) is 0 Å². The van der Waals surface area contributed by atoms with Gasteiger partial charge < -0.3 is 9.51 Å². The maximum absolute atomic E-state index is 5.13. The molecule has 0 spiro atoms. The molecule has 5 heteroatoms. The minimum atomic E-state index is 0.827. The van der Waals surface area contributed by atoms with Gasteiger partial charge in [0.25, 0.3) is 0 Å². The van der Waals surface area contributed by atoms with Crippen molar-refractivity contribution in [1.82, 2.24) is 15.1 Å². The lowest BCUT2D eigenvalue weighted by atomic mass is 10.3. The molecule has 0 aliphatic carbocycles. The number of para-hydroxylation sites is 2. The number of imidazole rings is 1. The van der Waals surface area contributed by atoms with E-state index in [0.29, 0.717) is 0 Å². The van der Waals surface area contributed by atoms with Crippen LogP contribution in [-0.2, 0) is 0 Å². The molecule has 1 N–H and O–H groups in total. The van der Waals surface area contributed by atoms with Crippen LogP contribution >= 0.6 is 11.8 Å². The second kappa shape index (κ2) is 3.92. The molecule has 0 radical (unpaired) electrons. The molecule has 4 nitrogen and oxygen atoms in total. The molecular formula is C12H11N3OS. The van der Waals surface area contributed by atoms with Crippen LogP contribution < -0.4 is 0 Å². The van der Waals surface area contributed by atoms with E-state index in [1.54, 1.807) is 11.8 Å². The minimum Gasteiger partial charge on any atom is -0.360 e. The second-order valence-electron chi connectivity index (χ2n) is 3.81. The lowest BCUT2D eigenvalue weighted by molar-refractivity contribution is 0.391. The monoisotopic (exact) mass is 245 g/mol. The summed E-state index contributed by atoms with van der Waals surface area (Å²) < 4.78 is 5.13. The summed E-state index contributed by atoms with van der Waals surface area (Å²) in [7, 11) is 0. The number of H-pyrrole nitrogens is 1. The first-order chi connectivity index (χ1) is 8.24. The van der Waals surface area contributed by atoms with Gasteiger partial charge in [-0.05, 0) is 37.7 Å². The fourth-order valence-electron chi connectivity index (χ4n) is 1.69. The van der Waals surface area contributed by atoms with Gasteiger partial charge in [-0.2, -0.15) is 0 Å². The predicted octanol–water partition coefficient (Wildman–Crippen LogP) is 3.32. The summed E-state index contributed by atoms with van der Waals surface area (Å²) in [5, 5.41) is 4.79. The summed E-state index contributed by atoms with van der Waals surface area (Å²) >= 11 is 1.55. The van der Waals surface area contributed by atoms with Crippen molar-refractivity contribution in [3.8, 4) is 0 Å². The van der Waals surface area contributed by atoms with Crippen molar-refractivity contribution in [2.45, 2.75) is 23.9 Å². The third-order valence-corrected chi connectivity index (χ3v) is 3.71. The molecule has 0 saturated carbocycles. The smallest absolute Gasteiger partial charge is 0.171 e. The molecule has 3 aromatic rings. The Bertz CT molecular complexity index is 619. The number of hydrogen-bond donors (Lipinski definition) is 1. The Morgan fingerprint density at radius 1 is 1.24 bits per heavy atom. The van der Waals surface area contributed by atoms with Gasteiger partial charge in [0.05, 0.1) is 21.6 Å². The number of aryl methyl sites for hydroxylation is 2. The third-order valence-electron chi connectivity index (χ3n) is 2.53. The van der Waals surface area contributed by atoms with E-state index < -0.39 is 0 Å². The molecule has 0 fully saturated rings. The van der Waals surface area contributed by atoms with Crippen molar-refractivity contribution in [2.75, 3.05) is 0 Å². The van der Waals surface area contributed by atoms with Gasteiger partial charge in [0, 0.05) is 0 Å². The van der Waals surface area contributed by atoms with Gasteiger partial charge in [-0.1, -0.05) is 17.3 Å². The van der Waals surface area contributed by atoms with E-state index in [9.17, 15) is 0 Å². The number of aromatic amines is 1. The fourth-order valence-corrected chi connectivity index (χ4v) is 2.56. The SMILES string of the molecule is Cc1noc(C)c1Sc1nc2ccccc2[nH]1. The molecule has 86 valence electrons. The average molecular weight is 245 g/mol. The molecule has 2 aromatic heterocycles. The zero-order valence-corrected chi connectivity index (χ0v) is 10.3. The van der Waals surface area contributed by atoms with Crippen LogP contribution in [0, 0.1) is 13.8 Å². The molecule has 2 heterocycles. The molecule has 0 saturated heterocycles. The molecule has 0 amide bonds. The standard InChI is InChI=1S/C12H11N3OS/c1-7-11(8(2)16-15-7)17-12-13-9-5-3-4-6-10(9)14-12/h3-6H,1-2H3,(H,13,14). The molecular weight excluding hydrogens is 234 g/mol. The van der Waals surface area contributed by atoms with Crippen molar-refractivity contribution < 1.29 is 4.52 Å². The van der Waals surface area contributed by atoms with E-state index in [1.807, 2.05) is 38.1 Å². The van der Waals surface area contributed by atoms with Crippen LogP contribution in [0.15, 0.2) is 38.8 Å². The van der Waals surface area contributed by atoms with Crippen LogP contribution in [0.5, 0.6) is 0 Å². The second-order valence-corrected chi connectivity index (χ2v) is 4.81. The number of nitrogens with zero attached hydrogens (tertiary/aromatic N) is 2. The Balaban J connectivity index is 2.00. The van der Waals surface area contributed by atoms with E-state index in [1.165, 1.54) is 0 Å². The van der Waals surface area contributed by atoms with E-state index >= 15 is 0 Å². The topological polar surface area (TPSA) is 54.7 Å². The normalized spacial score (nSPS) is 11.2. The van der Waals surface area contributed by atoms with Crippen LogP contribution in [0.2, 0.25) is 0 Å². The van der Waals surface area contributed by atoms with Crippen LogP contribution in [-0.4, -0.2) is 15.1 Å². The third kappa shape index (κ3) is 1.82. The Labute approximate surface area is 102 Å². The number of fused-ring (bicyclic) bond motifs is 1. The first-order valence-electron chi connectivity index (χ1n) is 5.29. The fraction of sp³-hybridized carbons (Fsp3) is 0.167. The number of aromatic nitrogens is 3. The lowest BCUT2D eigenvalue weighted by Crippen LogP contribution is -1.79. The van der Waals surface area contributed by atoms with Gasteiger partial charge >= 0.3 is 0 Å². The highest BCUT2D eigenvalue weighted by Crippen LogP contribution is 2.31. The molecule has 0 unspecified atom stereocenters. The van der Waals surface area contributed by atoms with Crippen LogP contribution in [0.25, 0.3) is 11.0 Å². The maximum Gasteiger partial charge on any atom is 0.171 e. The summed E-state index contributed by atoms with van der Waals surface area (Å²) in [6.07, 6.45) is 0. The highest BCUT2D eigenvalue weighted by Gasteiger charge is 2.12. The van der Waals surface area contributed by atoms with E-state index in [-0.39, 0.29) is 0 Å². The summed E-state index contributed by atoms with van der Waals surface area (Å²) in [4.78, 5) is 8.81. The molecule has 0 bridgehead atoms. The summed E-state index contributed by atoms with van der Waals surface area (Å²) in [5.74, 6) is 0.827. The number of benzene rings is 1. The maximum atomic E-state index is 5.13. The van der Waals surface area contributed by atoms with E-state index in [0.717, 1.165) is 32.5 Å². The van der Waals surface area contributed by atoms with E-state index in [4.69, 9.17) is 4.52 Å². The van der Waals surface area contributed by atoms with Gasteiger partial charge in [-0.25, -0.2) is 4.98 Å². The molecule has 1 aromatic carbocycles. The minimum absolute atomic E-state index is 0.827. The summed E-state index contributed by atoms with van der Waals surface area (Å²) in [5.41, 5.74) is 2.91. The Kier molecular flexibility index (Phi) is 2.40. The van der Waals surface area contributed by atoms with Gasteiger partial charge in [0.1, 0.15) is 5.76 Å². The van der Waals surface area contributed by atoms with Gasteiger partial charge in [0.2, 0.25) is 0 Å². The Hall–Kier alpha value is -1.75. The van der Waals surface area contributed by atoms with Crippen molar-refractivity contribution in [3.63, 3.8) is 0 Å². The molecule has 0 aliphatic heterocycles. The van der Waals surface area contributed by atoms with Crippen molar-refractivity contribution in [3.05, 3.63) is 35.7 Å². The van der Waals surface area contributed by atoms with Gasteiger partial charge in [0.15, 0.2) is 5.16 Å². The van der Waals surface area contributed by atoms with Crippen molar-refractivity contribution in [1.29, 1.82) is 0 Å². The average Bonchev–Trinajstić information content (AvgIpc) is 2.87. The quantitative estimate of drug-likeness (QED) is 0.752. The lowest BCUT2D eigenvalue weighted by Gasteiger charge is -1.94. The van der Waals surface area contributed by atoms with Gasteiger partial charge in [-0.15, -0.1) is 0 Å². The van der Waals surface area contributed by atoms with Crippen LogP contribution in [0.1, 0.15) is 11.5 Å². The highest BCUT2D eigenvalue weighted by molar-refractivity contribution is 7.99. The largest absolute Gasteiger partial charge is 0.360 e. The number of rotatable bonds is 2. The number of nitrogens with one attached hydrogen (secondary N) is 1. The zero-order chi connectivity index (χ0) is 11.8. The van der Waals surface area contributed by atoms with Crippen molar-refractivity contribution in [2.24, 2.45) is 0 Å². The first-order valence-corrected chi connectivity index (χ1v) is 6.11. The van der Waals surface area contributed by atoms with Gasteiger partial charge in [-0.3, -0.25) is 0 Å². The van der Waals surface area contributed by atoms with Crippen LogP contribution in [0.3, 0.4) is 0 Å². The summed E-state index contributed by atoms with van der Waals surface area (Å²) in [6, 6.07) is 7.97. The Morgan fingerprint density at radius 3 is 2.76 bits per heavy atom. The molecule has 3 rings (SSSR count). The van der Waals surface area contributed by atoms with Crippen molar-refractivity contribution >= 4 is 22.8 Å². The predicted molar refractivity (Wildman–Crippen MR) is 66.2 cm³/mol. The highest BCUT2D eigenvalue weighted by atomic mass is 32.2. The molecule has 17 heavy (non-hydrogen) atoms. The zero-order valence-electron chi connectivity index (χ0n) is 9.52. The Morgan fingerprint density at radius 2 is 2.06 bits per heavy atom. The molecule has 0 aliphatic rings. The number of hydrogen-bond acceptors (Lipinski definition) is 4. The molecule has 0 atom stereocenters.